The molecule has 0 unspecified atom stereocenters. The number of esters is 2. The molecule has 7 nitrogen and oxygen atoms in total. The number of unbranched alkanes of at least 4 members (excludes halogenated alkanes) is 2. The third-order valence-corrected chi connectivity index (χ3v) is 6.08. The first-order valence-electron chi connectivity index (χ1n) is 12.8. The van der Waals surface area contributed by atoms with Gasteiger partial charge in [-0.15, -0.1) is 0 Å². The summed E-state index contributed by atoms with van der Waals surface area (Å²) in [7, 11) is 0. The molecular weight excluding hydrogens is 466 g/mol. The van der Waals surface area contributed by atoms with E-state index in [1.165, 1.54) is 18.4 Å². The number of anilines is 1. The Morgan fingerprint density at radius 3 is 2.43 bits per heavy atom. The summed E-state index contributed by atoms with van der Waals surface area (Å²) >= 11 is 0. The number of fused-ring (bicyclic) bond motifs is 1. The van der Waals surface area contributed by atoms with E-state index in [0.717, 1.165) is 29.6 Å². The maximum Gasteiger partial charge on any atom is 0.343 e. The minimum atomic E-state index is -0.396. The van der Waals surface area contributed by atoms with Crippen LogP contribution in [0.1, 0.15) is 54.6 Å². The van der Waals surface area contributed by atoms with Gasteiger partial charge in [0.1, 0.15) is 29.5 Å². The number of nitrogens with one attached hydrogen (secondary N) is 1. The highest BCUT2D eigenvalue weighted by molar-refractivity contribution is 5.91. The van der Waals surface area contributed by atoms with Gasteiger partial charge in [0.25, 0.3) is 0 Å². The minimum absolute atomic E-state index is 0.0234. The van der Waals surface area contributed by atoms with Gasteiger partial charge in [0.05, 0.1) is 12.2 Å². The van der Waals surface area contributed by atoms with Crippen molar-refractivity contribution in [2.45, 2.75) is 46.5 Å². The lowest BCUT2D eigenvalue weighted by molar-refractivity contribution is -0.140. The first-order chi connectivity index (χ1) is 18.0. The van der Waals surface area contributed by atoms with Crippen molar-refractivity contribution in [3.05, 3.63) is 83.6 Å². The molecule has 0 saturated carbocycles. The summed E-state index contributed by atoms with van der Waals surface area (Å²) in [5.74, 6) is 0.396. The number of nitrogens with zero attached hydrogens (tertiary/aromatic N) is 2. The topological polar surface area (TPSA) is 81.9 Å². The Bertz CT molecular complexity index is 1360. The molecule has 2 aromatic heterocycles. The number of aromatic nitrogens is 2. The van der Waals surface area contributed by atoms with Gasteiger partial charge in [0, 0.05) is 11.8 Å². The van der Waals surface area contributed by atoms with Crippen molar-refractivity contribution in [2.24, 2.45) is 0 Å². The SMILES string of the molecule is CCCCCc1ccc(C(=O)Oc2ccc(-c3nc4cc(C)ccn4c3NCC(=O)OCC)cc2)cc1. The average molecular weight is 500 g/mol. The van der Waals surface area contributed by atoms with Crippen LogP contribution in [0.3, 0.4) is 0 Å². The van der Waals surface area contributed by atoms with Gasteiger partial charge in [0.2, 0.25) is 0 Å². The normalized spacial score (nSPS) is 10.9. The molecule has 0 saturated heterocycles. The average Bonchev–Trinajstić information content (AvgIpc) is 3.26. The summed E-state index contributed by atoms with van der Waals surface area (Å²) in [6, 6.07) is 18.8. The lowest BCUT2D eigenvalue weighted by Gasteiger charge is -2.09. The summed E-state index contributed by atoms with van der Waals surface area (Å²) in [5.41, 5.74) is 5.09. The van der Waals surface area contributed by atoms with Crippen LogP contribution in [0.4, 0.5) is 5.82 Å². The van der Waals surface area contributed by atoms with Crippen LogP contribution >= 0.6 is 0 Å². The van der Waals surface area contributed by atoms with Crippen molar-refractivity contribution in [1.82, 2.24) is 9.38 Å². The van der Waals surface area contributed by atoms with Crippen LogP contribution in [-0.2, 0) is 16.0 Å². The van der Waals surface area contributed by atoms with Crippen LogP contribution in [0.2, 0.25) is 0 Å². The molecule has 0 atom stereocenters. The Labute approximate surface area is 217 Å². The van der Waals surface area contributed by atoms with Crippen molar-refractivity contribution >= 4 is 23.4 Å². The van der Waals surface area contributed by atoms with Crippen LogP contribution in [-0.4, -0.2) is 34.5 Å². The Balaban J connectivity index is 1.50. The van der Waals surface area contributed by atoms with Crippen LogP contribution in [0.5, 0.6) is 5.75 Å². The number of hydrogen-bond donors (Lipinski definition) is 1. The van der Waals surface area contributed by atoms with E-state index in [1.807, 2.05) is 66.1 Å². The highest BCUT2D eigenvalue weighted by atomic mass is 16.5. The summed E-state index contributed by atoms with van der Waals surface area (Å²) in [6.07, 6.45) is 6.48. The molecule has 0 radical (unpaired) electrons. The molecule has 0 aliphatic carbocycles. The maximum atomic E-state index is 12.7. The molecule has 4 aromatic rings. The van der Waals surface area contributed by atoms with Crippen LogP contribution in [0, 0.1) is 6.92 Å². The first kappa shape index (κ1) is 25.9. The number of imidazole rings is 1. The molecule has 2 aromatic carbocycles. The fourth-order valence-corrected chi connectivity index (χ4v) is 4.12. The largest absolute Gasteiger partial charge is 0.465 e. The fourth-order valence-electron chi connectivity index (χ4n) is 4.12. The molecule has 37 heavy (non-hydrogen) atoms. The standard InChI is InChI=1S/C30H33N3O4/c1-4-6-7-8-22-9-11-24(12-10-22)30(35)37-25-15-13-23(14-16-25)28-29(31-20-27(34)36-5-2)33-18-17-21(3)19-26(33)32-28/h9-19,31H,4-8,20H2,1-3H3. The Kier molecular flexibility index (Phi) is 8.56. The molecule has 2 heterocycles. The second kappa shape index (κ2) is 12.2. The van der Waals surface area contributed by atoms with Gasteiger partial charge in [-0.25, -0.2) is 9.78 Å². The van der Waals surface area contributed by atoms with E-state index in [0.29, 0.717) is 29.4 Å². The summed E-state index contributed by atoms with van der Waals surface area (Å²) < 4.78 is 12.6. The number of ether oxygens (including phenoxy) is 2. The van der Waals surface area contributed by atoms with E-state index in [-0.39, 0.29) is 12.5 Å². The van der Waals surface area contributed by atoms with Crippen LogP contribution in [0.15, 0.2) is 66.9 Å². The van der Waals surface area contributed by atoms with Gasteiger partial charge in [-0.05, 0) is 86.3 Å². The molecule has 0 bridgehead atoms. The van der Waals surface area contributed by atoms with Gasteiger partial charge < -0.3 is 14.8 Å². The first-order valence-corrected chi connectivity index (χ1v) is 12.8. The number of benzene rings is 2. The Morgan fingerprint density at radius 2 is 1.73 bits per heavy atom. The predicted octanol–water partition coefficient (Wildman–Crippen LogP) is 6.24. The molecule has 192 valence electrons. The molecule has 0 spiro atoms. The lowest BCUT2D eigenvalue weighted by Crippen LogP contribution is -2.17. The highest BCUT2D eigenvalue weighted by Gasteiger charge is 2.16. The quantitative estimate of drug-likeness (QED) is 0.150. The molecular formula is C30H33N3O4. The van der Waals surface area contributed by atoms with Gasteiger partial charge in [0.15, 0.2) is 0 Å². The van der Waals surface area contributed by atoms with Crippen molar-refractivity contribution < 1.29 is 19.1 Å². The molecule has 4 rings (SSSR count). The number of carbonyl (C=O) groups excluding carboxylic acids is 2. The monoisotopic (exact) mass is 499 g/mol. The second-order valence-electron chi connectivity index (χ2n) is 8.97. The zero-order chi connectivity index (χ0) is 26.2. The third kappa shape index (κ3) is 6.55. The van der Waals surface area contributed by atoms with Crippen LogP contribution < -0.4 is 10.1 Å². The second-order valence-corrected chi connectivity index (χ2v) is 8.97. The zero-order valence-corrected chi connectivity index (χ0v) is 21.6. The summed E-state index contributed by atoms with van der Waals surface area (Å²) in [6.45, 7) is 6.31. The van der Waals surface area contributed by atoms with E-state index in [2.05, 4.69) is 12.2 Å². The van der Waals surface area contributed by atoms with Gasteiger partial charge in [-0.3, -0.25) is 9.20 Å². The minimum Gasteiger partial charge on any atom is -0.465 e. The Morgan fingerprint density at radius 1 is 0.973 bits per heavy atom. The molecule has 0 aliphatic heterocycles. The van der Waals surface area contributed by atoms with Gasteiger partial charge in [-0.2, -0.15) is 0 Å². The molecule has 0 fully saturated rings. The van der Waals surface area contributed by atoms with E-state index < -0.39 is 5.97 Å². The zero-order valence-electron chi connectivity index (χ0n) is 21.6. The van der Waals surface area contributed by atoms with Crippen LogP contribution in [0.25, 0.3) is 16.9 Å². The number of aryl methyl sites for hydroxylation is 2. The number of carbonyl (C=O) groups is 2. The van der Waals surface area contributed by atoms with E-state index in [1.54, 1.807) is 19.1 Å². The number of pyridine rings is 1. The van der Waals surface area contributed by atoms with Gasteiger partial charge in [-0.1, -0.05) is 31.9 Å². The van der Waals surface area contributed by atoms with Crippen molar-refractivity contribution in [3.8, 4) is 17.0 Å². The molecule has 0 aliphatic rings. The van der Waals surface area contributed by atoms with E-state index >= 15 is 0 Å². The Hall–Kier alpha value is -4.13. The molecule has 7 heteroatoms. The summed E-state index contributed by atoms with van der Waals surface area (Å²) in [5, 5.41) is 3.17. The van der Waals surface area contributed by atoms with E-state index in [9.17, 15) is 9.59 Å². The van der Waals surface area contributed by atoms with Gasteiger partial charge >= 0.3 is 11.9 Å². The smallest absolute Gasteiger partial charge is 0.343 e. The number of rotatable bonds is 11. The third-order valence-electron chi connectivity index (χ3n) is 6.08. The maximum absolute atomic E-state index is 12.7. The lowest BCUT2D eigenvalue weighted by atomic mass is 10.1. The molecule has 0 amide bonds. The summed E-state index contributed by atoms with van der Waals surface area (Å²) in [4.78, 5) is 29.4. The van der Waals surface area contributed by atoms with E-state index in [4.69, 9.17) is 14.5 Å². The predicted molar refractivity (Wildman–Crippen MR) is 145 cm³/mol. The molecule has 1 N–H and O–H groups in total. The fraction of sp³-hybridized carbons (Fsp3) is 0.300. The van der Waals surface area contributed by atoms with Crippen molar-refractivity contribution in [3.63, 3.8) is 0 Å². The van der Waals surface area contributed by atoms with Crippen molar-refractivity contribution in [1.29, 1.82) is 0 Å². The van der Waals surface area contributed by atoms with Crippen molar-refractivity contribution in [2.75, 3.05) is 18.5 Å². The number of hydrogen-bond acceptors (Lipinski definition) is 6. The highest BCUT2D eigenvalue weighted by Crippen LogP contribution is 2.30.